The van der Waals surface area contributed by atoms with Crippen LogP contribution in [0.2, 0.25) is 0 Å². The van der Waals surface area contributed by atoms with Gasteiger partial charge in [0.25, 0.3) is 5.69 Å². The molecule has 0 aliphatic rings. The zero-order valence-electron chi connectivity index (χ0n) is 10.6. The fourth-order valence-corrected chi connectivity index (χ4v) is 1.53. The fraction of sp³-hybridized carbons (Fsp3) is 0.417. The number of nitrogens with one attached hydrogen (secondary N) is 1. The normalized spacial score (nSPS) is 11.7. The van der Waals surface area contributed by atoms with Gasteiger partial charge >= 0.3 is 0 Å². The van der Waals surface area contributed by atoms with E-state index in [0.29, 0.717) is 11.3 Å². The van der Waals surface area contributed by atoms with Crippen LogP contribution in [0.15, 0.2) is 12.1 Å². The van der Waals surface area contributed by atoms with Gasteiger partial charge in [0.1, 0.15) is 18.4 Å². The van der Waals surface area contributed by atoms with Gasteiger partial charge in [-0.1, -0.05) is 0 Å². The molecule has 0 saturated heterocycles. The van der Waals surface area contributed by atoms with Crippen LogP contribution in [0.3, 0.4) is 0 Å². The van der Waals surface area contributed by atoms with Crippen LogP contribution in [-0.4, -0.2) is 24.6 Å². The van der Waals surface area contributed by atoms with E-state index in [2.05, 4.69) is 5.32 Å². The Morgan fingerprint density at radius 1 is 1.50 bits per heavy atom. The first-order valence-electron chi connectivity index (χ1n) is 5.45. The quantitative estimate of drug-likeness (QED) is 0.633. The van der Waals surface area contributed by atoms with Crippen LogP contribution in [0.1, 0.15) is 11.1 Å². The molecule has 1 rings (SSSR count). The van der Waals surface area contributed by atoms with Gasteiger partial charge in [0.2, 0.25) is 0 Å². The van der Waals surface area contributed by atoms with Crippen molar-refractivity contribution in [2.24, 2.45) is 0 Å². The maximum Gasteiger partial charge on any atom is 0.276 e. The number of nitro benzene ring substituents is 1. The van der Waals surface area contributed by atoms with Crippen LogP contribution in [0.5, 0.6) is 5.75 Å². The number of hydrogen-bond donors (Lipinski definition) is 1. The first-order chi connectivity index (χ1) is 8.49. The van der Waals surface area contributed by atoms with Crippen molar-refractivity contribution in [2.45, 2.75) is 19.9 Å². The summed E-state index contributed by atoms with van der Waals surface area (Å²) in [5.74, 6) is 0.433. The number of ether oxygens (including phenoxy) is 1. The number of rotatable bonds is 5. The minimum atomic E-state index is -0.443. The van der Waals surface area contributed by atoms with Crippen molar-refractivity contribution in [1.29, 1.82) is 5.26 Å². The summed E-state index contributed by atoms with van der Waals surface area (Å²) in [4.78, 5) is 10.4. The molecule has 0 radical (unpaired) electrons. The Balaban J connectivity index is 2.93. The summed E-state index contributed by atoms with van der Waals surface area (Å²) in [6.45, 7) is 3.64. The van der Waals surface area contributed by atoms with Gasteiger partial charge in [-0.25, -0.2) is 0 Å². The summed E-state index contributed by atoms with van der Waals surface area (Å²) in [7, 11) is 1.65. The molecule has 1 N–H and O–H groups in total. The zero-order chi connectivity index (χ0) is 13.7. The average molecular weight is 249 g/mol. The molecule has 6 nitrogen and oxygen atoms in total. The summed E-state index contributed by atoms with van der Waals surface area (Å²) in [6.07, 6.45) is 0. The first-order valence-corrected chi connectivity index (χ1v) is 5.45. The van der Waals surface area contributed by atoms with E-state index in [1.807, 2.05) is 13.0 Å². The second-order valence-corrected chi connectivity index (χ2v) is 3.94. The maximum atomic E-state index is 10.8. The number of likely N-dealkylation sites (N-methyl/N-ethyl adjacent to an activating group) is 1. The molecule has 0 saturated carbocycles. The maximum absolute atomic E-state index is 10.8. The Hall–Kier alpha value is -2.13. The van der Waals surface area contributed by atoms with Crippen molar-refractivity contribution in [3.63, 3.8) is 0 Å². The molecule has 0 fully saturated rings. The number of hydrogen-bond acceptors (Lipinski definition) is 5. The van der Waals surface area contributed by atoms with Crippen molar-refractivity contribution in [2.75, 3.05) is 13.7 Å². The smallest absolute Gasteiger partial charge is 0.276 e. The highest BCUT2D eigenvalue weighted by molar-refractivity contribution is 5.49. The Bertz CT molecular complexity index is 494. The van der Waals surface area contributed by atoms with Crippen molar-refractivity contribution in [3.8, 4) is 11.8 Å². The second-order valence-electron chi connectivity index (χ2n) is 3.94. The van der Waals surface area contributed by atoms with Crippen LogP contribution in [0.25, 0.3) is 0 Å². The fourth-order valence-electron chi connectivity index (χ4n) is 1.53. The minimum Gasteiger partial charge on any atom is -0.490 e. The van der Waals surface area contributed by atoms with Crippen LogP contribution in [-0.2, 0) is 0 Å². The van der Waals surface area contributed by atoms with E-state index < -0.39 is 11.0 Å². The number of nitriles is 1. The molecule has 0 aliphatic heterocycles. The molecule has 1 aromatic rings. The summed E-state index contributed by atoms with van der Waals surface area (Å²) >= 11 is 0. The molecule has 18 heavy (non-hydrogen) atoms. The van der Waals surface area contributed by atoms with Gasteiger partial charge in [-0.2, -0.15) is 5.26 Å². The van der Waals surface area contributed by atoms with Crippen molar-refractivity contribution in [1.82, 2.24) is 5.32 Å². The van der Waals surface area contributed by atoms with Gasteiger partial charge in [0.05, 0.1) is 17.1 Å². The Kier molecular flexibility index (Phi) is 4.63. The van der Waals surface area contributed by atoms with Crippen molar-refractivity contribution < 1.29 is 9.66 Å². The lowest BCUT2D eigenvalue weighted by Crippen LogP contribution is -2.30. The van der Waals surface area contributed by atoms with E-state index in [0.717, 1.165) is 5.56 Å². The predicted octanol–water partition coefficient (Wildman–Crippen LogP) is 1.70. The zero-order valence-corrected chi connectivity index (χ0v) is 10.6. The summed E-state index contributed by atoms with van der Waals surface area (Å²) in [5, 5.41) is 22.4. The largest absolute Gasteiger partial charge is 0.490 e. The average Bonchev–Trinajstić information content (AvgIpc) is 2.32. The van der Waals surface area contributed by atoms with Gasteiger partial charge in [0, 0.05) is 5.56 Å². The molecule has 1 atom stereocenters. The summed E-state index contributed by atoms with van der Waals surface area (Å²) < 4.78 is 5.44. The lowest BCUT2D eigenvalue weighted by Gasteiger charge is -2.12. The highest BCUT2D eigenvalue weighted by atomic mass is 16.6. The SMILES string of the molecule is CNC(C#N)COc1cc([N+](=O)[O-])c(C)cc1C. The van der Waals surface area contributed by atoms with Crippen LogP contribution < -0.4 is 10.1 Å². The highest BCUT2D eigenvalue weighted by Crippen LogP contribution is 2.28. The van der Waals surface area contributed by atoms with E-state index in [1.54, 1.807) is 20.0 Å². The lowest BCUT2D eigenvalue weighted by molar-refractivity contribution is -0.385. The van der Waals surface area contributed by atoms with E-state index >= 15 is 0 Å². The number of nitrogens with zero attached hydrogens (tertiary/aromatic N) is 2. The molecule has 0 amide bonds. The second kappa shape index (κ2) is 5.98. The number of benzene rings is 1. The van der Waals surface area contributed by atoms with Crippen molar-refractivity contribution in [3.05, 3.63) is 33.4 Å². The van der Waals surface area contributed by atoms with Crippen LogP contribution in [0.4, 0.5) is 5.69 Å². The number of nitro groups is 1. The van der Waals surface area contributed by atoms with E-state index in [1.165, 1.54) is 6.07 Å². The summed E-state index contributed by atoms with van der Waals surface area (Å²) in [6, 6.07) is 4.68. The molecule has 6 heteroatoms. The third-order valence-corrected chi connectivity index (χ3v) is 2.60. The van der Waals surface area contributed by atoms with E-state index in [9.17, 15) is 10.1 Å². The molecule has 96 valence electrons. The molecule has 0 aromatic heterocycles. The van der Waals surface area contributed by atoms with Gasteiger partial charge in [0.15, 0.2) is 0 Å². The Morgan fingerprint density at radius 2 is 2.17 bits per heavy atom. The van der Waals surface area contributed by atoms with Crippen LogP contribution in [0, 0.1) is 35.3 Å². The van der Waals surface area contributed by atoms with Gasteiger partial charge in [-0.05, 0) is 32.5 Å². The first kappa shape index (κ1) is 13.9. The minimum absolute atomic E-state index is 0.0218. The van der Waals surface area contributed by atoms with Gasteiger partial charge in [-0.3, -0.25) is 10.1 Å². The van der Waals surface area contributed by atoms with Crippen molar-refractivity contribution >= 4 is 5.69 Å². The van der Waals surface area contributed by atoms with E-state index in [4.69, 9.17) is 10.00 Å². The predicted molar refractivity (Wildman–Crippen MR) is 66.5 cm³/mol. The molecule has 1 aromatic carbocycles. The molecular formula is C12H15N3O3. The van der Waals surface area contributed by atoms with Gasteiger partial charge < -0.3 is 10.1 Å². The Labute approximate surface area is 105 Å². The third kappa shape index (κ3) is 3.18. The Morgan fingerprint density at radius 3 is 2.67 bits per heavy atom. The lowest BCUT2D eigenvalue weighted by atomic mass is 10.1. The van der Waals surface area contributed by atoms with Crippen LogP contribution >= 0.6 is 0 Å². The number of aryl methyl sites for hydroxylation is 2. The monoisotopic (exact) mass is 249 g/mol. The topological polar surface area (TPSA) is 88.2 Å². The summed E-state index contributed by atoms with van der Waals surface area (Å²) in [5.41, 5.74) is 1.43. The van der Waals surface area contributed by atoms with Gasteiger partial charge in [-0.15, -0.1) is 0 Å². The standard InChI is InChI=1S/C12H15N3O3/c1-8-4-9(2)12(5-11(8)15(16)17)18-7-10(6-13)14-3/h4-5,10,14H,7H2,1-3H3. The molecule has 0 spiro atoms. The van der Waals surface area contributed by atoms with E-state index in [-0.39, 0.29) is 12.3 Å². The molecule has 0 aliphatic carbocycles. The molecule has 1 unspecified atom stereocenters. The molecular weight excluding hydrogens is 234 g/mol. The third-order valence-electron chi connectivity index (χ3n) is 2.60. The molecule has 0 bridgehead atoms. The highest BCUT2D eigenvalue weighted by Gasteiger charge is 2.15. The molecule has 0 heterocycles.